The van der Waals surface area contributed by atoms with Gasteiger partial charge in [0.05, 0.1) is 6.04 Å². The second kappa shape index (κ2) is 7.33. The number of hydrogen-bond donors (Lipinski definition) is 1. The molecule has 1 aromatic carbocycles. The second-order valence-electron chi connectivity index (χ2n) is 5.22. The van der Waals surface area contributed by atoms with Crippen LogP contribution in [0.25, 0.3) is 0 Å². The van der Waals surface area contributed by atoms with Crippen LogP contribution in [0.4, 0.5) is 8.78 Å². The van der Waals surface area contributed by atoms with E-state index in [4.69, 9.17) is 5.73 Å². The van der Waals surface area contributed by atoms with Gasteiger partial charge >= 0.3 is 0 Å². The highest BCUT2D eigenvalue weighted by Gasteiger charge is 2.18. The van der Waals surface area contributed by atoms with E-state index in [1.165, 1.54) is 6.07 Å². The Labute approximate surface area is 118 Å². The Balaban J connectivity index is 2.63. The lowest BCUT2D eigenvalue weighted by Gasteiger charge is -2.25. The molecule has 112 valence electrons. The molecular weight excluding hydrogens is 262 g/mol. The molecule has 0 aromatic heterocycles. The number of hydrogen-bond acceptors (Lipinski definition) is 2. The van der Waals surface area contributed by atoms with Crippen molar-refractivity contribution in [2.24, 2.45) is 5.73 Å². The topological polar surface area (TPSA) is 46.3 Å². The molecule has 5 heteroatoms. The normalized spacial score (nSPS) is 13.9. The van der Waals surface area contributed by atoms with Crippen LogP contribution >= 0.6 is 0 Å². The molecule has 3 nitrogen and oxygen atoms in total. The van der Waals surface area contributed by atoms with Gasteiger partial charge in [-0.2, -0.15) is 0 Å². The maximum absolute atomic E-state index is 13.2. The van der Waals surface area contributed by atoms with Crippen molar-refractivity contribution in [1.29, 1.82) is 0 Å². The van der Waals surface area contributed by atoms with Crippen molar-refractivity contribution >= 4 is 5.91 Å². The van der Waals surface area contributed by atoms with Crippen LogP contribution in [-0.2, 0) is 4.79 Å². The van der Waals surface area contributed by atoms with E-state index in [-0.39, 0.29) is 18.0 Å². The first kappa shape index (κ1) is 16.6. The Hall–Kier alpha value is -1.49. The van der Waals surface area contributed by atoms with Crippen LogP contribution in [0.15, 0.2) is 18.2 Å². The number of benzene rings is 1. The van der Waals surface area contributed by atoms with E-state index < -0.39 is 11.6 Å². The Morgan fingerprint density at radius 3 is 2.50 bits per heavy atom. The minimum Gasteiger partial charge on any atom is -0.339 e. The summed E-state index contributed by atoms with van der Waals surface area (Å²) < 4.78 is 26.1. The fourth-order valence-electron chi connectivity index (χ4n) is 1.96. The maximum Gasteiger partial charge on any atom is 0.222 e. The third-order valence-corrected chi connectivity index (χ3v) is 3.45. The van der Waals surface area contributed by atoms with Crippen molar-refractivity contribution < 1.29 is 13.6 Å². The SMILES string of the molecule is CC(N)CCCC(=O)N(C)C(C)c1ccc(F)c(F)c1. The highest BCUT2D eigenvalue weighted by Crippen LogP contribution is 2.21. The predicted octanol–water partition coefficient (Wildman–Crippen LogP) is 3.00. The van der Waals surface area contributed by atoms with Gasteiger partial charge in [-0.05, 0) is 44.4 Å². The van der Waals surface area contributed by atoms with Gasteiger partial charge in [-0.25, -0.2) is 8.78 Å². The summed E-state index contributed by atoms with van der Waals surface area (Å²) in [6, 6.07) is 3.49. The fraction of sp³-hybridized carbons (Fsp3) is 0.533. The summed E-state index contributed by atoms with van der Waals surface area (Å²) in [6.45, 7) is 3.69. The third-order valence-electron chi connectivity index (χ3n) is 3.45. The molecule has 1 rings (SSSR count). The van der Waals surface area contributed by atoms with Crippen molar-refractivity contribution in [3.05, 3.63) is 35.4 Å². The van der Waals surface area contributed by atoms with Gasteiger partial charge < -0.3 is 10.6 Å². The molecule has 0 saturated carbocycles. The minimum absolute atomic E-state index is 0.0251. The van der Waals surface area contributed by atoms with Gasteiger partial charge in [0.15, 0.2) is 11.6 Å². The van der Waals surface area contributed by atoms with E-state index >= 15 is 0 Å². The van der Waals surface area contributed by atoms with Crippen molar-refractivity contribution in [1.82, 2.24) is 4.90 Å². The average molecular weight is 284 g/mol. The molecule has 20 heavy (non-hydrogen) atoms. The lowest BCUT2D eigenvalue weighted by Crippen LogP contribution is -2.29. The largest absolute Gasteiger partial charge is 0.339 e. The number of amides is 1. The van der Waals surface area contributed by atoms with Crippen LogP contribution in [0.5, 0.6) is 0 Å². The summed E-state index contributed by atoms with van der Waals surface area (Å²) in [5, 5.41) is 0. The standard InChI is InChI=1S/C15H22F2N2O/c1-10(18)5-4-6-15(20)19(3)11(2)12-7-8-13(16)14(17)9-12/h7-11H,4-6,18H2,1-3H3. The van der Waals surface area contributed by atoms with Crippen molar-refractivity contribution in [2.75, 3.05) is 7.05 Å². The van der Waals surface area contributed by atoms with Gasteiger partial charge in [0.1, 0.15) is 0 Å². The number of carbonyl (C=O) groups excluding carboxylic acids is 1. The highest BCUT2D eigenvalue weighted by molar-refractivity contribution is 5.76. The molecular formula is C15H22F2N2O. The molecule has 0 aliphatic heterocycles. The first-order chi connectivity index (χ1) is 9.32. The van der Waals surface area contributed by atoms with Crippen LogP contribution in [-0.4, -0.2) is 23.9 Å². The number of carbonyl (C=O) groups is 1. The molecule has 2 N–H and O–H groups in total. The maximum atomic E-state index is 13.2. The molecule has 0 radical (unpaired) electrons. The molecule has 0 saturated heterocycles. The Kier molecular flexibility index (Phi) is 6.07. The van der Waals surface area contributed by atoms with Crippen LogP contribution in [0.3, 0.4) is 0 Å². The Morgan fingerprint density at radius 1 is 1.30 bits per heavy atom. The zero-order valence-corrected chi connectivity index (χ0v) is 12.2. The molecule has 2 unspecified atom stereocenters. The van der Waals surface area contributed by atoms with Crippen LogP contribution < -0.4 is 5.73 Å². The van der Waals surface area contributed by atoms with Gasteiger partial charge in [-0.3, -0.25) is 4.79 Å². The lowest BCUT2D eigenvalue weighted by molar-refractivity contribution is -0.131. The summed E-state index contributed by atoms with van der Waals surface area (Å²) in [5.41, 5.74) is 6.21. The van der Waals surface area contributed by atoms with Gasteiger partial charge in [0.25, 0.3) is 0 Å². The van der Waals surface area contributed by atoms with E-state index in [1.54, 1.807) is 18.9 Å². The average Bonchev–Trinajstić information content (AvgIpc) is 2.39. The molecule has 0 bridgehead atoms. The Morgan fingerprint density at radius 2 is 1.95 bits per heavy atom. The van der Waals surface area contributed by atoms with Crippen LogP contribution in [0.2, 0.25) is 0 Å². The first-order valence-corrected chi connectivity index (χ1v) is 6.79. The molecule has 0 aliphatic rings. The van der Waals surface area contributed by atoms with E-state index in [1.807, 2.05) is 6.92 Å². The van der Waals surface area contributed by atoms with Crippen LogP contribution in [0.1, 0.15) is 44.7 Å². The monoisotopic (exact) mass is 284 g/mol. The van der Waals surface area contributed by atoms with E-state index in [2.05, 4.69) is 0 Å². The quantitative estimate of drug-likeness (QED) is 0.873. The number of nitrogens with two attached hydrogens (primary N) is 1. The van der Waals surface area contributed by atoms with E-state index in [9.17, 15) is 13.6 Å². The predicted molar refractivity (Wildman–Crippen MR) is 75.0 cm³/mol. The summed E-state index contributed by atoms with van der Waals surface area (Å²) in [4.78, 5) is 13.6. The summed E-state index contributed by atoms with van der Waals surface area (Å²) >= 11 is 0. The molecule has 2 atom stereocenters. The second-order valence-corrected chi connectivity index (χ2v) is 5.22. The lowest BCUT2D eigenvalue weighted by atomic mass is 10.1. The smallest absolute Gasteiger partial charge is 0.222 e. The van der Waals surface area contributed by atoms with Crippen molar-refractivity contribution in [2.45, 2.75) is 45.2 Å². The summed E-state index contributed by atoms with van der Waals surface area (Å²) in [7, 11) is 1.67. The van der Waals surface area contributed by atoms with Gasteiger partial charge in [-0.1, -0.05) is 6.07 Å². The molecule has 0 heterocycles. The Bertz CT molecular complexity index is 463. The molecule has 0 aliphatic carbocycles. The zero-order chi connectivity index (χ0) is 15.3. The zero-order valence-electron chi connectivity index (χ0n) is 12.2. The van der Waals surface area contributed by atoms with Crippen molar-refractivity contribution in [3.63, 3.8) is 0 Å². The fourth-order valence-corrected chi connectivity index (χ4v) is 1.96. The third kappa shape index (κ3) is 4.56. The molecule has 0 fully saturated rings. The molecule has 1 aromatic rings. The van der Waals surface area contributed by atoms with Gasteiger partial charge in [0.2, 0.25) is 5.91 Å². The number of nitrogens with zero attached hydrogens (tertiary/aromatic N) is 1. The summed E-state index contributed by atoms with van der Waals surface area (Å²) in [5.74, 6) is -1.80. The molecule has 1 amide bonds. The van der Waals surface area contributed by atoms with Crippen LogP contribution in [0, 0.1) is 11.6 Å². The van der Waals surface area contributed by atoms with E-state index in [0.717, 1.165) is 25.0 Å². The van der Waals surface area contributed by atoms with E-state index in [0.29, 0.717) is 12.0 Å². The highest BCUT2D eigenvalue weighted by atomic mass is 19.2. The minimum atomic E-state index is -0.896. The first-order valence-electron chi connectivity index (χ1n) is 6.79. The van der Waals surface area contributed by atoms with Gasteiger partial charge in [-0.15, -0.1) is 0 Å². The summed E-state index contributed by atoms with van der Waals surface area (Å²) in [6.07, 6.45) is 1.93. The molecule has 0 spiro atoms. The number of rotatable bonds is 6. The van der Waals surface area contributed by atoms with Crippen molar-refractivity contribution in [3.8, 4) is 0 Å². The van der Waals surface area contributed by atoms with Gasteiger partial charge in [0, 0.05) is 19.5 Å². The number of halogens is 2.